The second-order valence-electron chi connectivity index (χ2n) is 5.64. The van der Waals surface area contributed by atoms with E-state index in [9.17, 15) is 22.8 Å². The summed E-state index contributed by atoms with van der Waals surface area (Å²) in [6.45, 7) is 2.56. The molecule has 1 fully saturated rings. The number of hydrogen-bond acceptors (Lipinski definition) is 3. The van der Waals surface area contributed by atoms with E-state index >= 15 is 0 Å². The summed E-state index contributed by atoms with van der Waals surface area (Å²) in [6.07, 6.45) is -2.61. The summed E-state index contributed by atoms with van der Waals surface area (Å²) in [5.41, 5.74) is -4.11. The Balaban J connectivity index is 2.91. The molecule has 1 aliphatic heterocycles. The van der Waals surface area contributed by atoms with Crippen LogP contribution < -0.4 is 0 Å². The van der Waals surface area contributed by atoms with Crippen LogP contribution in [-0.2, 0) is 9.53 Å². The average Bonchev–Trinajstić information content (AvgIpc) is 2.11. The molecule has 19 heavy (non-hydrogen) atoms. The Hall–Kier alpha value is -1.47. The number of ether oxygens (including phenoxy) is 1. The number of likely N-dealkylation sites (tertiary alicyclic amines) is 1. The normalized spacial score (nSPS) is 26.9. The zero-order valence-corrected chi connectivity index (χ0v) is 10.9. The second-order valence-corrected chi connectivity index (χ2v) is 5.64. The molecular weight excluding hydrogens is 267 g/mol. The summed E-state index contributed by atoms with van der Waals surface area (Å²) < 4.78 is 45.4. The molecule has 0 saturated carbocycles. The highest BCUT2D eigenvalue weighted by Gasteiger charge is 2.55. The minimum absolute atomic E-state index is 0.392. The molecule has 1 amide bonds. The Kier molecular flexibility index (Phi) is 3.75. The van der Waals surface area contributed by atoms with Crippen LogP contribution in [0.1, 0.15) is 27.2 Å². The van der Waals surface area contributed by atoms with Crippen molar-refractivity contribution in [3.8, 4) is 0 Å². The zero-order valence-electron chi connectivity index (χ0n) is 10.9. The van der Waals surface area contributed by atoms with Gasteiger partial charge in [-0.15, -0.1) is 0 Å². The molecule has 8 heteroatoms. The number of piperidine rings is 1. The fourth-order valence-corrected chi connectivity index (χ4v) is 1.76. The van der Waals surface area contributed by atoms with E-state index in [0.717, 1.165) is 0 Å². The number of carboxylic acid groups (broad SMARTS) is 1. The van der Waals surface area contributed by atoms with Crippen molar-refractivity contribution in [2.45, 2.75) is 44.4 Å². The van der Waals surface area contributed by atoms with Gasteiger partial charge >= 0.3 is 12.1 Å². The molecule has 0 aromatic carbocycles. The van der Waals surface area contributed by atoms with Gasteiger partial charge in [0.05, 0.1) is 19.5 Å². The van der Waals surface area contributed by atoms with Crippen molar-refractivity contribution in [1.29, 1.82) is 0 Å². The molecule has 0 aromatic heterocycles. The Labute approximate surface area is 108 Å². The molecule has 1 N–H and O–H groups in total. The fourth-order valence-electron chi connectivity index (χ4n) is 1.76. The third kappa shape index (κ3) is 4.00. The van der Waals surface area contributed by atoms with Crippen molar-refractivity contribution < 1.29 is 32.6 Å². The quantitative estimate of drug-likeness (QED) is 0.800. The van der Waals surface area contributed by atoms with E-state index in [4.69, 9.17) is 9.84 Å². The Morgan fingerprint density at radius 3 is 2.16 bits per heavy atom. The number of rotatable bonds is 1. The molecule has 5 nitrogen and oxygen atoms in total. The number of hydrogen-bond donors (Lipinski definition) is 1. The van der Waals surface area contributed by atoms with Crippen molar-refractivity contribution in [1.82, 2.24) is 4.90 Å². The minimum Gasteiger partial charge on any atom is -0.479 e. The molecule has 1 atom stereocenters. The number of carbonyl (C=O) groups is 2. The number of aliphatic carboxylic acids is 1. The Bertz CT molecular complexity index is 394. The van der Waals surface area contributed by atoms with Crippen LogP contribution in [0, 0.1) is 0 Å². The van der Waals surface area contributed by atoms with Crippen LogP contribution in [0.4, 0.5) is 18.0 Å². The van der Waals surface area contributed by atoms with Crippen molar-refractivity contribution in [3.63, 3.8) is 0 Å². The third-order valence-corrected chi connectivity index (χ3v) is 2.44. The standard InChI is InChI=1S/C11H16F3NO4/c1-9(2,3)19-8(18)15-5-10(12,7(16)17)4-11(13,14)6-15/h4-6H2,1-3H3,(H,16,17)/t10-/m1/s1. The van der Waals surface area contributed by atoms with Gasteiger partial charge in [0.25, 0.3) is 5.92 Å². The van der Waals surface area contributed by atoms with Crippen LogP contribution in [-0.4, -0.2) is 52.4 Å². The van der Waals surface area contributed by atoms with E-state index in [2.05, 4.69) is 0 Å². The summed E-state index contributed by atoms with van der Waals surface area (Å²) in [5, 5.41) is 8.67. The monoisotopic (exact) mass is 283 g/mol. The fraction of sp³-hybridized carbons (Fsp3) is 0.818. The summed E-state index contributed by atoms with van der Waals surface area (Å²) in [6, 6.07) is 0. The molecule has 0 spiro atoms. The molecule has 110 valence electrons. The lowest BCUT2D eigenvalue weighted by Crippen LogP contribution is -2.59. The maximum atomic E-state index is 13.9. The molecule has 1 saturated heterocycles. The van der Waals surface area contributed by atoms with Gasteiger partial charge in [-0.05, 0) is 20.8 Å². The highest BCUT2D eigenvalue weighted by atomic mass is 19.3. The van der Waals surface area contributed by atoms with E-state index in [1.54, 1.807) is 0 Å². The van der Waals surface area contributed by atoms with Gasteiger partial charge in [-0.1, -0.05) is 0 Å². The van der Waals surface area contributed by atoms with E-state index in [1.165, 1.54) is 20.8 Å². The van der Waals surface area contributed by atoms with Crippen LogP contribution >= 0.6 is 0 Å². The second kappa shape index (κ2) is 4.57. The van der Waals surface area contributed by atoms with Crippen molar-refractivity contribution in [2.75, 3.05) is 13.1 Å². The molecule has 0 radical (unpaired) electrons. The largest absolute Gasteiger partial charge is 0.479 e. The Morgan fingerprint density at radius 2 is 1.74 bits per heavy atom. The van der Waals surface area contributed by atoms with Crippen molar-refractivity contribution in [3.05, 3.63) is 0 Å². The molecule has 1 aliphatic rings. The molecule has 0 bridgehead atoms. The van der Waals surface area contributed by atoms with Gasteiger partial charge in [-0.2, -0.15) is 0 Å². The van der Waals surface area contributed by atoms with Gasteiger partial charge in [-0.25, -0.2) is 22.8 Å². The van der Waals surface area contributed by atoms with Crippen LogP contribution in [0.3, 0.4) is 0 Å². The van der Waals surface area contributed by atoms with Crippen molar-refractivity contribution >= 4 is 12.1 Å². The smallest absolute Gasteiger partial charge is 0.410 e. The zero-order chi connectivity index (χ0) is 15.1. The molecule has 0 aromatic rings. The third-order valence-electron chi connectivity index (χ3n) is 2.44. The maximum Gasteiger partial charge on any atom is 0.410 e. The maximum absolute atomic E-state index is 13.9. The van der Waals surface area contributed by atoms with E-state index in [0.29, 0.717) is 4.90 Å². The number of carboxylic acids is 1. The number of halogens is 3. The first-order chi connectivity index (χ1) is 8.35. The number of carbonyl (C=O) groups excluding carboxylic acids is 1. The predicted octanol–water partition coefficient (Wildman–Crippen LogP) is 2.06. The highest BCUT2D eigenvalue weighted by Crippen LogP contribution is 2.36. The SMILES string of the molecule is CC(C)(C)OC(=O)N1CC(F)(F)C[C@](F)(C(=O)O)C1. The summed E-state index contributed by atoms with van der Waals surface area (Å²) in [7, 11) is 0. The number of nitrogens with zero attached hydrogens (tertiary/aromatic N) is 1. The van der Waals surface area contributed by atoms with Gasteiger partial charge in [0, 0.05) is 0 Å². The van der Waals surface area contributed by atoms with Gasteiger partial charge in [-0.3, -0.25) is 4.90 Å². The highest BCUT2D eigenvalue weighted by molar-refractivity contribution is 5.79. The first kappa shape index (κ1) is 15.6. The summed E-state index contributed by atoms with van der Waals surface area (Å²) in [4.78, 5) is 22.7. The lowest BCUT2D eigenvalue weighted by Gasteiger charge is -2.39. The van der Waals surface area contributed by atoms with Gasteiger partial charge in [0.1, 0.15) is 5.60 Å². The van der Waals surface area contributed by atoms with Crippen LogP contribution in [0.25, 0.3) is 0 Å². The van der Waals surface area contributed by atoms with E-state index in [-0.39, 0.29) is 0 Å². The summed E-state index contributed by atoms with van der Waals surface area (Å²) in [5.74, 6) is -5.62. The lowest BCUT2D eigenvalue weighted by atomic mass is 9.92. The topological polar surface area (TPSA) is 66.8 Å². The number of amides is 1. The molecule has 0 aliphatic carbocycles. The van der Waals surface area contributed by atoms with Gasteiger partial charge in [0.15, 0.2) is 0 Å². The molecular formula is C11H16F3NO4. The molecule has 0 unspecified atom stereocenters. The van der Waals surface area contributed by atoms with Crippen LogP contribution in [0.5, 0.6) is 0 Å². The molecule has 1 rings (SSSR count). The lowest BCUT2D eigenvalue weighted by molar-refractivity contribution is -0.171. The van der Waals surface area contributed by atoms with Gasteiger partial charge in [0.2, 0.25) is 5.67 Å². The van der Waals surface area contributed by atoms with E-state index in [1.807, 2.05) is 0 Å². The first-order valence-electron chi connectivity index (χ1n) is 5.63. The summed E-state index contributed by atoms with van der Waals surface area (Å²) >= 11 is 0. The average molecular weight is 283 g/mol. The van der Waals surface area contributed by atoms with Crippen LogP contribution in [0.15, 0.2) is 0 Å². The first-order valence-corrected chi connectivity index (χ1v) is 5.63. The van der Waals surface area contributed by atoms with Crippen LogP contribution in [0.2, 0.25) is 0 Å². The number of alkyl halides is 3. The van der Waals surface area contributed by atoms with E-state index < -0.39 is 48.8 Å². The van der Waals surface area contributed by atoms with Gasteiger partial charge < -0.3 is 9.84 Å². The Morgan fingerprint density at radius 1 is 1.21 bits per heavy atom. The predicted molar refractivity (Wildman–Crippen MR) is 58.8 cm³/mol. The molecule has 1 heterocycles. The minimum atomic E-state index is -3.61. The van der Waals surface area contributed by atoms with Crippen molar-refractivity contribution in [2.24, 2.45) is 0 Å².